The number of carbonyl (C=O) groups is 2. The number of amides is 1. The Morgan fingerprint density at radius 2 is 1.58 bits per heavy atom. The van der Waals surface area contributed by atoms with E-state index in [4.69, 9.17) is 9.47 Å². The Morgan fingerprint density at radius 3 is 2.22 bits per heavy atom. The fourth-order valence-corrected chi connectivity index (χ4v) is 7.88. The molecule has 3 fully saturated rings. The lowest BCUT2D eigenvalue weighted by molar-refractivity contribution is -0.137. The molecule has 1 saturated carbocycles. The van der Waals surface area contributed by atoms with Crippen molar-refractivity contribution in [2.45, 2.75) is 62.7 Å². The molecule has 3 aromatic rings. The molecule has 7 nitrogen and oxygen atoms in total. The summed E-state index contributed by atoms with van der Waals surface area (Å²) in [4.78, 5) is 33.2. The summed E-state index contributed by atoms with van der Waals surface area (Å²) in [5.41, 5.74) is 3.48. The van der Waals surface area contributed by atoms with Crippen LogP contribution in [0.1, 0.15) is 78.0 Å². The number of hydrogen-bond donors (Lipinski definition) is 0. The van der Waals surface area contributed by atoms with Gasteiger partial charge in [-0.15, -0.1) is 0 Å². The quantitative estimate of drug-likeness (QED) is 0.277. The van der Waals surface area contributed by atoms with Gasteiger partial charge in [-0.3, -0.25) is 9.69 Å². The van der Waals surface area contributed by atoms with Crippen LogP contribution >= 0.6 is 0 Å². The number of esters is 1. The van der Waals surface area contributed by atoms with Crippen molar-refractivity contribution in [3.05, 3.63) is 101 Å². The lowest BCUT2D eigenvalue weighted by Gasteiger charge is -2.44. The normalized spacial score (nSPS) is 23.9. The Bertz CT molecular complexity index is 1440. The predicted octanol–water partition coefficient (Wildman–Crippen LogP) is 6.04. The summed E-state index contributed by atoms with van der Waals surface area (Å²) in [6.07, 6.45) is 6.73. The van der Waals surface area contributed by atoms with E-state index in [1.807, 2.05) is 30.1 Å². The molecule has 1 aliphatic carbocycles. The maximum absolute atomic E-state index is 13.3. The molecule has 1 spiro atoms. The molecule has 0 bridgehead atoms. The SMILES string of the molecule is CN(CCN1CCCCC1)C(=O)[C@H]1CC[C@@]2(CC1)OC(=O)c1cc(OC3CN(C(c4ccccc4)c4ccccc4)C3)ccc12. The van der Waals surface area contributed by atoms with E-state index in [9.17, 15) is 9.59 Å². The molecule has 0 radical (unpaired) electrons. The Hall–Kier alpha value is -3.68. The van der Waals surface area contributed by atoms with Crippen molar-refractivity contribution in [2.75, 3.05) is 46.3 Å². The molecule has 2 saturated heterocycles. The van der Waals surface area contributed by atoms with Crippen LogP contribution in [-0.2, 0) is 15.1 Å². The predicted molar refractivity (Wildman–Crippen MR) is 174 cm³/mol. The van der Waals surface area contributed by atoms with E-state index >= 15 is 0 Å². The molecule has 0 aromatic heterocycles. The van der Waals surface area contributed by atoms with E-state index in [1.54, 1.807) is 0 Å². The summed E-state index contributed by atoms with van der Waals surface area (Å²) < 4.78 is 12.5. The standard InChI is InChI=1S/C38H45N3O4/c1-39(23-24-40-21-9-4-10-22-40)36(42)30-17-19-38(20-18-30)34-16-15-31(25-33(34)37(43)45-38)44-32-26-41(27-32)35(28-11-5-2-6-12-28)29-13-7-3-8-14-29/h2-3,5-8,11-16,25,30,32,35H,4,9-10,17-24,26-27H2,1H3/t30-,38-. The minimum absolute atomic E-state index is 0.00972. The molecule has 45 heavy (non-hydrogen) atoms. The zero-order valence-electron chi connectivity index (χ0n) is 26.4. The van der Waals surface area contributed by atoms with Gasteiger partial charge in [-0.25, -0.2) is 4.79 Å². The highest BCUT2D eigenvalue weighted by atomic mass is 16.6. The third-order valence-electron chi connectivity index (χ3n) is 10.5. The van der Waals surface area contributed by atoms with Gasteiger partial charge in [0.15, 0.2) is 0 Å². The Balaban J connectivity index is 0.951. The van der Waals surface area contributed by atoms with Crippen molar-refractivity contribution < 1.29 is 19.1 Å². The molecule has 7 heteroatoms. The van der Waals surface area contributed by atoms with E-state index in [0.29, 0.717) is 24.2 Å². The van der Waals surface area contributed by atoms with Gasteiger partial charge in [0.1, 0.15) is 17.5 Å². The number of piperidine rings is 1. The van der Waals surface area contributed by atoms with Gasteiger partial charge in [-0.05, 0) is 74.9 Å². The molecule has 4 aliphatic rings. The minimum Gasteiger partial charge on any atom is -0.488 e. The van der Waals surface area contributed by atoms with Gasteiger partial charge in [0, 0.05) is 44.7 Å². The number of fused-ring (bicyclic) bond motifs is 2. The van der Waals surface area contributed by atoms with E-state index in [1.165, 1.54) is 30.4 Å². The van der Waals surface area contributed by atoms with Crippen molar-refractivity contribution in [2.24, 2.45) is 5.92 Å². The molecule has 3 heterocycles. The van der Waals surface area contributed by atoms with Crippen molar-refractivity contribution in [3.8, 4) is 5.75 Å². The van der Waals surface area contributed by atoms with Crippen LogP contribution in [0.2, 0.25) is 0 Å². The molecular weight excluding hydrogens is 562 g/mol. The molecule has 1 amide bonds. The third kappa shape index (κ3) is 6.25. The van der Waals surface area contributed by atoms with E-state index in [-0.39, 0.29) is 29.9 Å². The maximum Gasteiger partial charge on any atom is 0.339 e. The molecule has 3 aromatic carbocycles. The average molecular weight is 608 g/mol. The van der Waals surface area contributed by atoms with Crippen molar-refractivity contribution >= 4 is 11.9 Å². The first-order chi connectivity index (χ1) is 22.0. The number of likely N-dealkylation sites (N-methyl/N-ethyl adjacent to an activating group) is 1. The highest BCUT2D eigenvalue weighted by Gasteiger charge is 2.49. The van der Waals surface area contributed by atoms with Crippen LogP contribution in [0.3, 0.4) is 0 Å². The van der Waals surface area contributed by atoms with Gasteiger partial charge in [-0.1, -0.05) is 73.2 Å². The number of carbonyl (C=O) groups excluding carboxylic acids is 2. The van der Waals surface area contributed by atoms with Gasteiger partial charge >= 0.3 is 5.97 Å². The van der Waals surface area contributed by atoms with E-state index in [2.05, 4.69) is 70.5 Å². The summed E-state index contributed by atoms with van der Waals surface area (Å²) in [6, 6.07) is 27.3. The second-order valence-corrected chi connectivity index (χ2v) is 13.4. The monoisotopic (exact) mass is 607 g/mol. The lowest BCUT2D eigenvalue weighted by Crippen LogP contribution is -2.55. The second-order valence-electron chi connectivity index (χ2n) is 13.4. The molecule has 7 rings (SSSR count). The maximum atomic E-state index is 13.3. The van der Waals surface area contributed by atoms with E-state index in [0.717, 1.165) is 57.7 Å². The van der Waals surface area contributed by atoms with Crippen molar-refractivity contribution in [3.63, 3.8) is 0 Å². The summed E-state index contributed by atoms with van der Waals surface area (Å²) in [5, 5.41) is 0. The van der Waals surface area contributed by atoms with Crippen molar-refractivity contribution in [1.29, 1.82) is 0 Å². The topological polar surface area (TPSA) is 62.3 Å². The number of likely N-dealkylation sites (tertiary alicyclic amines) is 2. The van der Waals surface area contributed by atoms with Crippen LogP contribution < -0.4 is 4.74 Å². The second kappa shape index (κ2) is 13.0. The van der Waals surface area contributed by atoms with Gasteiger partial charge in [-0.2, -0.15) is 0 Å². The summed E-state index contributed by atoms with van der Waals surface area (Å²) in [6.45, 7) is 5.64. The number of nitrogens with zero attached hydrogens (tertiary/aromatic N) is 3. The highest BCUT2D eigenvalue weighted by Crippen LogP contribution is 2.49. The smallest absolute Gasteiger partial charge is 0.339 e. The first-order valence-electron chi connectivity index (χ1n) is 16.8. The first-order valence-corrected chi connectivity index (χ1v) is 16.8. The fourth-order valence-electron chi connectivity index (χ4n) is 7.88. The zero-order chi connectivity index (χ0) is 30.8. The molecular formula is C38H45N3O4. The zero-order valence-corrected chi connectivity index (χ0v) is 26.4. The van der Waals surface area contributed by atoms with Crippen LogP contribution in [0.15, 0.2) is 78.9 Å². The molecule has 0 atom stereocenters. The first kappa shape index (κ1) is 30.0. The fraction of sp³-hybridized carbons (Fsp3) is 0.474. The van der Waals surface area contributed by atoms with Gasteiger partial charge in [0.2, 0.25) is 5.91 Å². The van der Waals surface area contributed by atoms with Crippen LogP contribution in [-0.4, -0.2) is 79.0 Å². The average Bonchev–Trinajstić information content (AvgIpc) is 3.33. The Labute approximate surface area is 267 Å². The number of hydrogen-bond acceptors (Lipinski definition) is 6. The number of ether oxygens (including phenoxy) is 2. The third-order valence-corrected chi connectivity index (χ3v) is 10.5. The molecule has 0 unspecified atom stereocenters. The van der Waals surface area contributed by atoms with Gasteiger partial charge in [0.05, 0.1) is 11.6 Å². The number of rotatable bonds is 9. The van der Waals surface area contributed by atoms with Gasteiger partial charge in [0.25, 0.3) is 0 Å². The van der Waals surface area contributed by atoms with Crippen LogP contribution in [0.5, 0.6) is 5.75 Å². The number of benzene rings is 3. The van der Waals surface area contributed by atoms with E-state index < -0.39 is 5.60 Å². The van der Waals surface area contributed by atoms with Crippen molar-refractivity contribution in [1.82, 2.24) is 14.7 Å². The van der Waals surface area contributed by atoms with Crippen LogP contribution in [0.4, 0.5) is 0 Å². The minimum atomic E-state index is -0.625. The Kier molecular flexibility index (Phi) is 8.65. The largest absolute Gasteiger partial charge is 0.488 e. The lowest BCUT2D eigenvalue weighted by atomic mass is 9.74. The van der Waals surface area contributed by atoms with Crippen LogP contribution in [0, 0.1) is 5.92 Å². The molecule has 3 aliphatic heterocycles. The summed E-state index contributed by atoms with van der Waals surface area (Å²) in [5.74, 6) is 0.654. The molecule has 236 valence electrons. The molecule has 0 N–H and O–H groups in total. The van der Waals surface area contributed by atoms with Crippen LogP contribution in [0.25, 0.3) is 0 Å². The highest BCUT2D eigenvalue weighted by molar-refractivity contribution is 5.95. The van der Waals surface area contributed by atoms with Gasteiger partial charge < -0.3 is 19.3 Å². The summed E-state index contributed by atoms with van der Waals surface area (Å²) in [7, 11) is 1.94. The Morgan fingerprint density at radius 1 is 0.933 bits per heavy atom. The summed E-state index contributed by atoms with van der Waals surface area (Å²) >= 11 is 0.